The summed E-state index contributed by atoms with van der Waals surface area (Å²) >= 11 is 17.7. The van der Waals surface area contributed by atoms with Crippen molar-refractivity contribution in [2.45, 2.75) is 6.92 Å². The molecule has 2 aromatic carbocycles. The van der Waals surface area contributed by atoms with Crippen LogP contribution in [0.4, 0.5) is 5.69 Å². The van der Waals surface area contributed by atoms with Crippen molar-refractivity contribution in [2.24, 2.45) is 0 Å². The number of benzene rings is 2. The van der Waals surface area contributed by atoms with Gasteiger partial charge in [-0.15, -0.1) is 0 Å². The molecule has 0 bridgehead atoms. The van der Waals surface area contributed by atoms with Gasteiger partial charge in [-0.2, -0.15) is 0 Å². The number of nitrogens with one attached hydrogen (secondary N) is 1. The Morgan fingerprint density at radius 2 is 1.76 bits per heavy atom. The first-order valence-corrected chi connectivity index (χ1v) is 8.38. The lowest BCUT2D eigenvalue weighted by atomic mass is 10.2. The molecule has 0 unspecified atom stereocenters. The molecule has 0 saturated heterocycles. The monoisotopic (exact) mass is 401 g/mol. The van der Waals surface area contributed by atoms with Crippen LogP contribution in [0.3, 0.4) is 0 Å². The van der Waals surface area contributed by atoms with Gasteiger partial charge in [-0.1, -0.05) is 40.9 Å². The second-order valence-corrected chi connectivity index (χ2v) is 6.06. The first kappa shape index (κ1) is 19.4. The van der Waals surface area contributed by atoms with E-state index in [2.05, 4.69) is 5.32 Å². The van der Waals surface area contributed by atoms with Gasteiger partial charge in [-0.05, 0) is 31.2 Å². The van der Waals surface area contributed by atoms with Crippen LogP contribution in [0.5, 0.6) is 5.75 Å². The fourth-order valence-corrected chi connectivity index (χ4v) is 2.49. The average Bonchev–Trinajstić information content (AvgIpc) is 2.57. The van der Waals surface area contributed by atoms with Gasteiger partial charge in [0.05, 0.1) is 27.2 Å². The van der Waals surface area contributed by atoms with E-state index in [1.165, 1.54) is 18.2 Å². The van der Waals surface area contributed by atoms with E-state index in [0.717, 1.165) is 0 Å². The quantitative estimate of drug-likeness (QED) is 0.554. The summed E-state index contributed by atoms with van der Waals surface area (Å²) in [5.74, 6) is -0.646. The second-order valence-electron chi connectivity index (χ2n) is 4.83. The first-order chi connectivity index (χ1) is 11.9. The molecule has 132 valence electrons. The zero-order valence-electron chi connectivity index (χ0n) is 13.1. The van der Waals surface area contributed by atoms with Gasteiger partial charge in [0, 0.05) is 11.8 Å². The Hall–Kier alpha value is -1.95. The third kappa shape index (κ3) is 5.53. The van der Waals surface area contributed by atoms with Crippen LogP contribution in [0.15, 0.2) is 36.4 Å². The van der Waals surface area contributed by atoms with E-state index in [0.29, 0.717) is 16.3 Å². The molecule has 0 radical (unpaired) electrons. The highest BCUT2D eigenvalue weighted by atomic mass is 35.5. The summed E-state index contributed by atoms with van der Waals surface area (Å²) in [5, 5.41) is 3.42. The molecule has 1 N–H and O–H groups in total. The Bertz CT molecular complexity index is 795. The molecule has 2 aromatic rings. The molecule has 2 rings (SSSR count). The highest BCUT2D eigenvalue weighted by Gasteiger charge is 2.11. The van der Waals surface area contributed by atoms with Crippen LogP contribution < -0.4 is 10.1 Å². The Labute approximate surface area is 159 Å². The number of carbonyl (C=O) groups is 2. The van der Waals surface area contributed by atoms with Gasteiger partial charge in [-0.25, -0.2) is 4.79 Å². The molecule has 0 heterocycles. The summed E-state index contributed by atoms with van der Waals surface area (Å²) in [5.41, 5.74) is 0.785. The number of hydrogen-bond acceptors (Lipinski definition) is 4. The highest BCUT2D eigenvalue weighted by molar-refractivity contribution is 6.43. The molecule has 0 aliphatic rings. The van der Waals surface area contributed by atoms with E-state index >= 15 is 0 Å². The molecule has 25 heavy (non-hydrogen) atoms. The first-order valence-electron chi connectivity index (χ1n) is 7.25. The molecule has 1 amide bonds. The number of esters is 1. The van der Waals surface area contributed by atoms with Crippen molar-refractivity contribution in [2.75, 3.05) is 18.5 Å². The van der Waals surface area contributed by atoms with Crippen LogP contribution >= 0.6 is 34.8 Å². The molecule has 0 fully saturated rings. The number of ether oxygens (including phenoxy) is 2. The third-order valence-electron chi connectivity index (χ3n) is 2.99. The van der Waals surface area contributed by atoms with Crippen LogP contribution in [-0.2, 0) is 9.53 Å². The van der Waals surface area contributed by atoms with E-state index in [1.807, 2.05) is 0 Å². The predicted molar refractivity (Wildman–Crippen MR) is 98.0 cm³/mol. The number of anilines is 1. The largest absolute Gasteiger partial charge is 0.482 e. The fourth-order valence-electron chi connectivity index (χ4n) is 1.89. The number of rotatable bonds is 6. The predicted octanol–water partition coefficient (Wildman–Crippen LogP) is 4.84. The molecule has 0 aliphatic heterocycles. The number of hydrogen-bond donors (Lipinski definition) is 1. The van der Waals surface area contributed by atoms with Crippen molar-refractivity contribution in [3.05, 3.63) is 57.0 Å². The third-order valence-corrected chi connectivity index (χ3v) is 4.01. The molecule has 0 saturated carbocycles. The SMILES string of the molecule is CCOC(=O)c1cccc(NC(=O)COc2cc(Cl)c(Cl)cc2Cl)c1. The summed E-state index contributed by atoms with van der Waals surface area (Å²) in [7, 11) is 0. The molecule has 0 aliphatic carbocycles. The zero-order valence-corrected chi connectivity index (χ0v) is 15.4. The Balaban J connectivity index is 1.98. The smallest absolute Gasteiger partial charge is 0.338 e. The topological polar surface area (TPSA) is 64.6 Å². The van der Waals surface area contributed by atoms with Crippen molar-refractivity contribution >= 4 is 52.4 Å². The van der Waals surface area contributed by atoms with Gasteiger partial charge in [0.2, 0.25) is 0 Å². The van der Waals surface area contributed by atoms with E-state index < -0.39 is 11.9 Å². The highest BCUT2D eigenvalue weighted by Crippen LogP contribution is 2.33. The molecular weight excluding hydrogens is 389 g/mol. The lowest BCUT2D eigenvalue weighted by Crippen LogP contribution is -2.20. The minimum absolute atomic E-state index is 0.242. The lowest BCUT2D eigenvalue weighted by Gasteiger charge is -2.10. The molecular formula is C17H14Cl3NO4. The number of amides is 1. The van der Waals surface area contributed by atoms with Crippen molar-refractivity contribution in [3.8, 4) is 5.75 Å². The normalized spacial score (nSPS) is 10.2. The maximum Gasteiger partial charge on any atom is 0.338 e. The van der Waals surface area contributed by atoms with Crippen LogP contribution in [0, 0.1) is 0 Å². The van der Waals surface area contributed by atoms with Crippen LogP contribution in [0.25, 0.3) is 0 Å². The van der Waals surface area contributed by atoms with Gasteiger partial charge < -0.3 is 14.8 Å². The van der Waals surface area contributed by atoms with Crippen LogP contribution in [0.1, 0.15) is 17.3 Å². The minimum atomic E-state index is -0.461. The lowest BCUT2D eigenvalue weighted by molar-refractivity contribution is -0.118. The van der Waals surface area contributed by atoms with Gasteiger partial charge in [0.1, 0.15) is 5.75 Å². The van der Waals surface area contributed by atoms with E-state index in [-0.39, 0.29) is 29.0 Å². The number of carbonyl (C=O) groups excluding carboxylic acids is 2. The molecule has 5 nitrogen and oxygen atoms in total. The molecule has 0 atom stereocenters. The van der Waals surface area contributed by atoms with E-state index in [4.69, 9.17) is 44.3 Å². The van der Waals surface area contributed by atoms with Crippen LogP contribution in [0.2, 0.25) is 15.1 Å². The standard InChI is InChI=1S/C17H14Cl3NO4/c1-2-24-17(23)10-4-3-5-11(6-10)21-16(22)9-25-15-8-13(19)12(18)7-14(15)20/h3-8H,2,9H2,1H3,(H,21,22). The van der Waals surface area contributed by atoms with Crippen molar-refractivity contribution in [1.29, 1.82) is 0 Å². The summed E-state index contributed by atoms with van der Waals surface area (Å²) < 4.78 is 10.3. The zero-order chi connectivity index (χ0) is 18.4. The second kappa shape index (κ2) is 8.94. The summed E-state index contributed by atoms with van der Waals surface area (Å²) in [6, 6.07) is 9.26. The Morgan fingerprint density at radius 3 is 2.48 bits per heavy atom. The van der Waals surface area contributed by atoms with Gasteiger partial charge in [0.15, 0.2) is 6.61 Å². The molecule has 0 aromatic heterocycles. The number of halogens is 3. The van der Waals surface area contributed by atoms with Crippen molar-refractivity contribution in [3.63, 3.8) is 0 Å². The van der Waals surface area contributed by atoms with Crippen molar-refractivity contribution < 1.29 is 19.1 Å². The Kier molecular flexibility index (Phi) is 6.93. The van der Waals surface area contributed by atoms with Gasteiger partial charge in [-0.3, -0.25) is 4.79 Å². The summed E-state index contributed by atoms with van der Waals surface area (Å²) in [6.07, 6.45) is 0. The maximum absolute atomic E-state index is 12.0. The molecule has 0 spiro atoms. The average molecular weight is 403 g/mol. The van der Waals surface area contributed by atoms with Gasteiger partial charge in [0.25, 0.3) is 5.91 Å². The molecule has 8 heteroatoms. The van der Waals surface area contributed by atoms with Crippen molar-refractivity contribution in [1.82, 2.24) is 0 Å². The Morgan fingerprint density at radius 1 is 1.04 bits per heavy atom. The maximum atomic E-state index is 12.0. The van der Waals surface area contributed by atoms with Crippen LogP contribution in [-0.4, -0.2) is 25.1 Å². The summed E-state index contributed by atoms with van der Waals surface area (Å²) in [4.78, 5) is 23.7. The minimum Gasteiger partial charge on any atom is -0.482 e. The van der Waals surface area contributed by atoms with E-state index in [9.17, 15) is 9.59 Å². The fraction of sp³-hybridized carbons (Fsp3) is 0.176. The summed E-state index contributed by atoms with van der Waals surface area (Å²) in [6.45, 7) is 1.70. The van der Waals surface area contributed by atoms with Gasteiger partial charge >= 0.3 is 5.97 Å². The van der Waals surface area contributed by atoms with E-state index in [1.54, 1.807) is 25.1 Å².